The summed E-state index contributed by atoms with van der Waals surface area (Å²) in [6.07, 6.45) is 6.72. The smallest absolute Gasteiger partial charge is 0.323 e. The standard InChI is InChI=1S/C25H19FN6OS/c1-14-2-5-18(8-21(14)26)32-25(33)31-17-6-3-15(4-7-17)20-12-34-23-19(11-30-24(27)22(20)23)16-9-28-13-29-10-16/h2-13H,1H3,(H2,27,30)(H2,31,32,33). The van der Waals surface area contributed by atoms with Crippen LogP contribution in [0, 0.1) is 12.7 Å². The summed E-state index contributed by atoms with van der Waals surface area (Å²) < 4.78 is 14.7. The van der Waals surface area contributed by atoms with Crippen LogP contribution in [0.5, 0.6) is 0 Å². The molecular formula is C25H19FN6OS. The highest BCUT2D eigenvalue weighted by atomic mass is 32.1. The molecule has 7 nitrogen and oxygen atoms in total. The molecule has 0 atom stereocenters. The van der Waals surface area contributed by atoms with Gasteiger partial charge in [-0.25, -0.2) is 24.1 Å². The molecule has 2 amide bonds. The lowest BCUT2D eigenvalue weighted by Crippen LogP contribution is -2.19. The summed E-state index contributed by atoms with van der Waals surface area (Å²) in [5.41, 5.74) is 11.4. The SMILES string of the molecule is Cc1ccc(NC(=O)Nc2ccc(-c3csc4c(-c5cncnc5)cnc(N)c34)cc2)cc1F. The van der Waals surface area contributed by atoms with Gasteiger partial charge in [0, 0.05) is 56.7 Å². The van der Waals surface area contributed by atoms with Gasteiger partial charge in [-0.2, -0.15) is 0 Å². The number of nitrogens with two attached hydrogens (primary N) is 1. The Hall–Kier alpha value is -4.37. The number of pyridine rings is 1. The van der Waals surface area contributed by atoms with Gasteiger partial charge in [0.2, 0.25) is 0 Å². The zero-order valence-electron chi connectivity index (χ0n) is 18.0. The Morgan fingerprint density at radius 3 is 2.38 bits per heavy atom. The van der Waals surface area contributed by atoms with Crippen LogP contribution in [0.4, 0.5) is 26.4 Å². The molecule has 0 aliphatic carbocycles. The molecule has 34 heavy (non-hydrogen) atoms. The highest BCUT2D eigenvalue weighted by molar-refractivity contribution is 7.18. The highest BCUT2D eigenvalue weighted by Gasteiger charge is 2.15. The first-order valence-electron chi connectivity index (χ1n) is 10.4. The predicted molar refractivity (Wildman–Crippen MR) is 134 cm³/mol. The van der Waals surface area contributed by atoms with Crippen LogP contribution in [0.3, 0.4) is 0 Å². The van der Waals surface area contributed by atoms with E-state index in [2.05, 4.69) is 25.6 Å². The third kappa shape index (κ3) is 4.16. The van der Waals surface area contributed by atoms with Crippen molar-refractivity contribution in [2.24, 2.45) is 0 Å². The quantitative estimate of drug-likeness (QED) is 0.295. The molecule has 3 heterocycles. The summed E-state index contributed by atoms with van der Waals surface area (Å²) in [7, 11) is 0. The Kier molecular flexibility index (Phi) is 5.60. The van der Waals surface area contributed by atoms with E-state index in [1.807, 2.05) is 17.5 Å². The lowest BCUT2D eigenvalue weighted by Gasteiger charge is -2.10. The molecule has 0 radical (unpaired) electrons. The number of urea groups is 1. The second kappa shape index (κ2) is 8.87. The van der Waals surface area contributed by atoms with Crippen molar-refractivity contribution in [1.29, 1.82) is 0 Å². The number of amides is 2. The predicted octanol–water partition coefficient (Wildman–Crippen LogP) is 6.09. The Morgan fingerprint density at radius 2 is 1.65 bits per heavy atom. The third-order valence-electron chi connectivity index (χ3n) is 5.38. The maximum Gasteiger partial charge on any atom is 0.323 e. The number of carbonyl (C=O) groups excluding carboxylic acids is 1. The second-order valence-corrected chi connectivity index (χ2v) is 8.54. The Balaban J connectivity index is 1.38. The van der Waals surface area contributed by atoms with Crippen molar-refractivity contribution < 1.29 is 9.18 Å². The van der Waals surface area contributed by atoms with Gasteiger partial charge in [-0.05, 0) is 47.7 Å². The van der Waals surface area contributed by atoms with E-state index in [1.165, 1.54) is 12.4 Å². The van der Waals surface area contributed by atoms with Crippen LogP contribution in [0.25, 0.3) is 32.3 Å². The molecule has 9 heteroatoms. The van der Waals surface area contributed by atoms with Crippen LogP contribution in [0.2, 0.25) is 0 Å². The molecule has 0 saturated carbocycles. The molecule has 2 aromatic carbocycles. The third-order valence-corrected chi connectivity index (χ3v) is 6.39. The van der Waals surface area contributed by atoms with Gasteiger partial charge in [-0.15, -0.1) is 11.3 Å². The van der Waals surface area contributed by atoms with E-state index in [0.717, 1.165) is 32.3 Å². The summed E-state index contributed by atoms with van der Waals surface area (Å²) in [6.45, 7) is 1.66. The molecule has 0 saturated heterocycles. The molecule has 0 unspecified atom stereocenters. The number of hydrogen-bond acceptors (Lipinski definition) is 6. The van der Waals surface area contributed by atoms with Crippen molar-refractivity contribution in [3.63, 3.8) is 0 Å². The van der Waals surface area contributed by atoms with Gasteiger partial charge in [-0.3, -0.25) is 0 Å². The fourth-order valence-corrected chi connectivity index (χ4v) is 4.74. The summed E-state index contributed by atoms with van der Waals surface area (Å²) >= 11 is 1.58. The number of aryl methyl sites for hydroxylation is 1. The molecule has 5 aromatic rings. The average Bonchev–Trinajstić information content (AvgIpc) is 3.29. The topological polar surface area (TPSA) is 106 Å². The van der Waals surface area contributed by atoms with Gasteiger partial charge < -0.3 is 16.4 Å². The lowest BCUT2D eigenvalue weighted by molar-refractivity contribution is 0.262. The fraction of sp³-hybridized carbons (Fsp3) is 0.0400. The largest absolute Gasteiger partial charge is 0.383 e. The van der Waals surface area contributed by atoms with Gasteiger partial charge >= 0.3 is 6.03 Å². The first-order valence-corrected chi connectivity index (χ1v) is 11.2. The van der Waals surface area contributed by atoms with Crippen molar-refractivity contribution >= 4 is 44.6 Å². The summed E-state index contributed by atoms with van der Waals surface area (Å²) in [4.78, 5) is 24.9. The molecule has 4 N–H and O–H groups in total. The fourth-order valence-electron chi connectivity index (χ4n) is 3.62. The lowest BCUT2D eigenvalue weighted by atomic mass is 10.0. The van der Waals surface area contributed by atoms with Crippen LogP contribution >= 0.6 is 11.3 Å². The normalized spacial score (nSPS) is 10.9. The number of fused-ring (bicyclic) bond motifs is 1. The van der Waals surface area contributed by atoms with E-state index in [0.29, 0.717) is 22.8 Å². The van der Waals surface area contributed by atoms with Gasteiger partial charge in [-0.1, -0.05) is 18.2 Å². The molecular weight excluding hydrogens is 451 g/mol. The van der Waals surface area contributed by atoms with Crippen molar-refractivity contribution in [3.8, 4) is 22.3 Å². The Morgan fingerprint density at radius 1 is 0.941 bits per heavy atom. The number of aromatic nitrogens is 3. The number of anilines is 3. The number of nitrogens with one attached hydrogen (secondary N) is 2. The molecule has 0 aliphatic rings. The number of rotatable bonds is 4. The molecule has 0 bridgehead atoms. The Labute approximate surface area is 198 Å². The number of nitrogen functional groups attached to an aromatic ring is 1. The zero-order valence-corrected chi connectivity index (χ0v) is 18.9. The van der Waals surface area contributed by atoms with Crippen LogP contribution in [0.15, 0.2) is 72.8 Å². The Bertz CT molecular complexity index is 1500. The maximum absolute atomic E-state index is 13.7. The van der Waals surface area contributed by atoms with Gasteiger partial charge in [0.15, 0.2) is 0 Å². The summed E-state index contributed by atoms with van der Waals surface area (Å²) in [6, 6.07) is 11.5. The van der Waals surface area contributed by atoms with Crippen LogP contribution in [-0.4, -0.2) is 21.0 Å². The van der Waals surface area contributed by atoms with E-state index in [9.17, 15) is 9.18 Å². The molecule has 0 fully saturated rings. The average molecular weight is 471 g/mol. The van der Waals surface area contributed by atoms with E-state index < -0.39 is 6.03 Å². The van der Waals surface area contributed by atoms with Crippen LogP contribution < -0.4 is 16.4 Å². The number of nitrogens with zero attached hydrogens (tertiary/aromatic N) is 3. The molecule has 3 aromatic heterocycles. The molecule has 0 aliphatic heterocycles. The van der Waals surface area contributed by atoms with E-state index in [1.54, 1.807) is 61.1 Å². The van der Waals surface area contributed by atoms with Crippen LogP contribution in [-0.2, 0) is 0 Å². The molecule has 0 spiro atoms. The minimum Gasteiger partial charge on any atom is -0.383 e. The number of hydrogen-bond donors (Lipinski definition) is 3. The van der Waals surface area contributed by atoms with Crippen molar-refractivity contribution in [2.75, 3.05) is 16.4 Å². The van der Waals surface area contributed by atoms with E-state index >= 15 is 0 Å². The van der Waals surface area contributed by atoms with Crippen molar-refractivity contribution in [1.82, 2.24) is 15.0 Å². The van der Waals surface area contributed by atoms with Crippen molar-refractivity contribution in [2.45, 2.75) is 6.92 Å². The number of thiophene rings is 1. The monoisotopic (exact) mass is 470 g/mol. The summed E-state index contributed by atoms with van der Waals surface area (Å²) in [5, 5.41) is 8.29. The number of carbonyl (C=O) groups is 1. The first-order chi connectivity index (χ1) is 16.5. The maximum atomic E-state index is 13.7. The number of halogens is 1. The minimum absolute atomic E-state index is 0.373. The van der Waals surface area contributed by atoms with Gasteiger partial charge in [0.05, 0.1) is 0 Å². The highest BCUT2D eigenvalue weighted by Crippen LogP contribution is 2.41. The first kappa shape index (κ1) is 21.5. The molecule has 5 rings (SSSR count). The number of benzene rings is 2. The zero-order chi connectivity index (χ0) is 23.7. The van der Waals surface area contributed by atoms with Gasteiger partial charge in [0.1, 0.15) is 18.0 Å². The van der Waals surface area contributed by atoms with Crippen LogP contribution in [0.1, 0.15) is 5.56 Å². The van der Waals surface area contributed by atoms with E-state index in [4.69, 9.17) is 5.73 Å². The van der Waals surface area contributed by atoms with E-state index in [-0.39, 0.29) is 5.82 Å². The minimum atomic E-state index is -0.458. The summed E-state index contributed by atoms with van der Waals surface area (Å²) in [5.74, 6) is 0.0700. The van der Waals surface area contributed by atoms with Crippen molar-refractivity contribution in [3.05, 3.63) is 84.1 Å². The van der Waals surface area contributed by atoms with Gasteiger partial charge in [0.25, 0.3) is 0 Å². The second-order valence-electron chi connectivity index (χ2n) is 7.66. The molecule has 168 valence electrons.